The van der Waals surface area contributed by atoms with Crippen LogP contribution in [0.1, 0.15) is 37.1 Å². The summed E-state index contributed by atoms with van der Waals surface area (Å²) in [4.78, 5) is 4.24. The van der Waals surface area contributed by atoms with Crippen LogP contribution in [0.4, 0.5) is 0 Å². The van der Waals surface area contributed by atoms with Gasteiger partial charge in [0.1, 0.15) is 0 Å². The molecule has 0 saturated heterocycles. The number of halogens is 1. The average Bonchev–Trinajstić information content (AvgIpc) is 2.80. The number of aromatic nitrogens is 1. The molecule has 16 heavy (non-hydrogen) atoms. The van der Waals surface area contributed by atoms with Crippen LogP contribution in [-0.4, -0.2) is 23.5 Å². The minimum Gasteiger partial charge on any atom is -0.381 e. The summed E-state index contributed by atoms with van der Waals surface area (Å²) in [6.45, 7) is 1.79. The van der Waals surface area contributed by atoms with Crippen LogP contribution in [0, 0.1) is 0 Å². The Balaban J connectivity index is 1.78. The number of nitrogens with zero attached hydrogens (tertiary/aromatic N) is 1. The lowest BCUT2D eigenvalue weighted by Gasteiger charge is -2.03. The molecule has 0 saturated carbocycles. The van der Waals surface area contributed by atoms with Crippen LogP contribution < -0.4 is 0 Å². The zero-order chi connectivity index (χ0) is 11.5. The smallest absolute Gasteiger partial charge is 0.0925 e. The zero-order valence-electron chi connectivity index (χ0n) is 9.66. The topological polar surface area (TPSA) is 22.1 Å². The maximum Gasteiger partial charge on any atom is 0.0925 e. The minimum absolute atomic E-state index is 0.873. The number of hydrogen-bond donors (Lipinski definition) is 0. The van der Waals surface area contributed by atoms with Gasteiger partial charge in [-0.1, -0.05) is 28.8 Å². The fourth-order valence-electron chi connectivity index (χ4n) is 1.46. The minimum atomic E-state index is 0.873. The van der Waals surface area contributed by atoms with E-state index in [1.165, 1.54) is 30.7 Å². The monoisotopic (exact) mass is 305 g/mol. The predicted molar refractivity (Wildman–Crippen MR) is 73.5 cm³/mol. The van der Waals surface area contributed by atoms with Crippen LogP contribution in [0.5, 0.6) is 0 Å². The van der Waals surface area contributed by atoms with E-state index in [2.05, 4.69) is 20.9 Å². The van der Waals surface area contributed by atoms with Crippen molar-refractivity contribution >= 4 is 27.3 Å². The molecule has 0 aliphatic rings. The summed E-state index contributed by atoms with van der Waals surface area (Å²) >= 11 is 5.16. The van der Waals surface area contributed by atoms with E-state index in [0.29, 0.717) is 0 Å². The van der Waals surface area contributed by atoms with Crippen molar-refractivity contribution in [1.82, 2.24) is 4.98 Å². The van der Waals surface area contributed by atoms with Crippen molar-refractivity contribution in [3.8, 4) is 0 Å². The number of rotatable bonds is 10. The summed E-state index contributed by atoms with van der Waals surface area (Å²) in [7, 11) is 0. The van der Waals surface area contributed by atoms with Crippen molar-refractivity contribution in [2.75, 3.05) is 18.5 Å². The highest BCUT2D eigenvalue weighted by Gasteiger charge is 1.95. The molecule has 0 N–H and O–H groups in total. The van der Waals surface area contributed by atoms with E-state index in [9.17, 15) is 0 Å². The van der Waals surface area contributed by atoms with E-state index in [1.54, 1.807) is 11.3 Å². The third-order valence-electron chi connectivity index (χ3n) is 2.34. The highest BCUT2D eigenvalue weighted by atomic mass is 79.9. The first-order valence-corrected chi connectivity index (χ1v) is 7.95. The van der Waals surface area contributed by atoms with Crippen molar-refractivity contribution < 1.29 is 4.74 Å². The number of alkyl halides is 1. The van der Waals surface area contributed by atoms with Gasteiger partial charge in [0.2, 0.25) is 0 Å². The lowest BCUT2D eigenvalue weighted by atomic mass is 10.2. The fourth-order valence-corrected chi connectivity index (χ4v) is 2.52. The number of ether oxygens (including phenoxy) is 1. The summed E-state index contributed by atoms with van der Waals surface area (Å²) in [5.41, 5.74) is 0. The molecular weight excluding hydrogens is 286 g/mol. The fraction of sp³-hybridized carbons (Fsp3) is 0.750. The van der Waals surface area contributed by atoms with E-state index in [4.69, 9.17) is 4.74 Å². The molecule has 0 fully saturated rings. The number of hydrogen-bond acceptors (Lipinski definition) is 3. The van der Waals surface area contributed by atoms with Crippen LogP contribution in [-0.2, 0) is 11.2 Å². The Morgan fingerprint density at radius 1 is 1.12 bits per heavy atom. The average molecular weight is 306 g/mol. The summed E-state index contributed by atoms with van der Waals surface area (Å²) in [5.74, 6) is 0. The molecule has 0 radical (unpaired) electrons. The van der Waals surface area contributed by atoms with Gasteiger partial charge in [-0.25, -0.2) is 4.98 Å². The molecule has 1 rings (SSSR count). The molecule has 1 aromatic heterocycles. The van der Waals surface area contributed by atoms with E-state index in [-0.39, 0.29) is 0 Å². The van der Waals surface area contributed by atoms with Gasteiger partial charge < -0.3 is 4.74 Å². The Kier molecular flexibility index (Phi) is 9.04. The second-order valence-corrected chi connectivity index (χ2v) is 5.52. The number of thiazole rings is 1. The van der Waals surface area contributed by atoms with E-state index >= 15 is 0 Å². The molecule has 0 aromatic carbocycles. The summed E-state index contributed by atoms with van der Waals surface area (Å²) in [5, 5.41) is 4.38. The van der Waals surface area contributed by atoms with Crippen molar-refractivity contribution in [3.63, 3.8) is 0 Å². The van der Waals surface area contributed by atoms with Crippen molar-refractivity contribution in [1.29, 1.82) is 0 Å². The van der Waals surface area contributed by atoms with Gasteiger partial charge in [-0.2, -0.15) is 0 Å². The molecule has 1 heterocycles. The normalized spacial score (nSPS) is 10.8. The van der Waals surface area contributed by atoms with Gasteiger partial charge in [0.05, 0.1) is 5.01 Å². The van der Waals surface area contributed by atoms with Gasteiger partial charge in [0.15, 0.2) is 0 Å². The predicted octanol–water partition coefficient (Wildman–Crippen LogP) is 4.05. The molecule has 0 amide bonds. The van der Waals surface area contributed by atoms with Crippen LogP contribution >= 0.6 is 27.3 Å². The highest BCUT2D eigenvalue weighted by Crippen LogP contribution is 2.07. The molecule has 0 spiro atoms. The lowest BCUT2D eigenvalue weighted by Crippen LogP contribution is -1.98. The first kappa shape index (κ1) is 14.1. The molecule has 92 valence electrons. The molecule has 0 bridgehead atoms. The van der Waals surface area contributed by atoms with Gasteiger partial charge in [0, 0.05) is 36.5 Å². The second kappa shape index (κ2) is 10.2. The quantitative estimate of drug-likeness (QED) is 0.480. The van der Waals surface area contributed by atoms with E-state index in [1.807, 2.05) is 11.6 Å². The van der Waals surface area contributed by atoms with Gasteiger partial charge in [-0.3, -0.25) is 0 Å². The second-order valence-electron chi connectivity index (χ2n) is 3.74. The molecular formula is C12H20BrNOS. The maximum atomic E-state index is 5.58. The SMILES string of the molecule is BrCCCCCCOCCCc1nccs1. The number of unbranched alkanes of at least 4 members (excludes halogenated alkanes) is 3. The van der Waals surface area contributed by atoms with Gasteiger partial charge in [0.25, 0.3) is 0 Å². The summed E-state index contributed by atoms with van der Waals surface area (Å²) < 4.78 is 5.58. The molecule has 2 nitrogen and oxygen atoms in total. The van der Waals surface area contributed by atoms with E-state index < -0.39 is 0 Å². The van der Waals surface area contributed by atoms with Gasteiger partial charge in [-0.15, -0.1) is 11.3 Å². The molecule has 0 aliphatic carbocycles. The van der Waals surface area contributed by atoms with Gasteiger partial charge >= 0.3 is 0 Å². The zero-order valence-corrected chi connectivity index (χ0v) is 12.1. The van der Waals surface area contributed by atoms with Crippen LogP contribution in [0.2, 0.25) is 0 Å². The van der Waals surface area contributed by atoms with Crippen LogP contribution in [0.3, 0.4) is 0 Å². The standard InChI is InChI=1S/C12H20BrNOS/c13-7-3-1-2-4-9-15-10-5-6-12-14-8-11-16-12/h8,11H,1-7,9-10H2. The Bertz CT molecular complexity index is 241. The summed E-state index contributed by atoms with van der Waals surface area (Å²) in [6.07, 6.45) is 9.10. The lowest BCUT2D eigenvalue weighted by molar-refractivity contribution is 0.128. The molecule has 0 atom stereocenters. The Morgan fingerprint density at radius 3 is 2.69 bits per heavy atom. The van der Waals surface area contributed by atoms with Crippen molar-refractivity contribution in [2.45, 2.75) is 38.5 Å². The largest absolute Gasteiger partial charge is 0.381 e. The molecule has 0 unspecified atom stereocenters. The Hall–Kier alpha value is 0.0700. The third kappa shape index (κ3) is 7.36. The van der Waals surface area contributed by atoms with E-state index in [0.717, 1.165) is 31.4 Å². The molecule has 0 aliphatic heterocycles. The van der Waals surface area contributed by atoms with Crippen LogP contribution in [0.15, 0.2) is 11.6 Å². The van der Waals surface area contributed by atoms with Gasteiger partial charge in [-0.05, 0) is 19.3 Å². The first-order valence-electron chi connectivity index (χ1n) is 5.95. The first-order chi connectivity index (χ1) is 7.93. The van der Waals surface area contributed by atoms with Crippen molar-refractivity contribution in [3.05, 3.63) is 16.6 Å². The Labute approximate surface area is 111 Å². The third-order valence-corrected chi connectivity index (χ3v) is 3.74. The number of aryl methyl sites for hydroxylation is 1. The van der Waals surface area contributed by atoms with Crippen molar-refractivity contribution in [2.24, 2.45) is 0 Å². The molecule has 1 aromatic rings. The van der Waals surface area contributed by atoms with Crippen LogP contribution in [0.25, 0.3) is 0 Å². The highest BCUT2D eigenvalue weighted by molar-refractivity contribution is 9.09. The maximum absolute atomic E-state index is 5.58. The Morgan fingerprint density at radius 2 is 1.94 bits per heavy atom. The summed E-state index contributed by atoms with van der Waals surface area (Å²) in [6, 6.07) is 0. The molecule has 4 heteroatoms.